The number of morpholine rings is 1. The smallest absolute Gasteiger partial charge is 0.244 e. The molecule has 0 unspecified atom stereocenters. The maximum Gasteiger partial charge on any atom is 0.244 e. The van der Waals surface area contributed by atoms with Crippen molar-refractivity contribution in [3.8, 4) is 0 Å². The molecule has 2 rings (SSSR count). The van der Waals surface area contributed by atoms with E-state index in [0.717, 1.165) is 0 Å². The van der Waals surface area contributed by atoms with Crippen LogP contribution >= 0.6 is 0 Å². The van der Waals surface area contributed by atoms with Gasteiger partial charge in [-0.3, -0.25) is 4.98 Å². The standard InChI is InChI=1S/C12H19N3O3S/c1-9-7-15(8-10(2)18-9)19(16,17)12-4-3-11(5-13)14-6-12/h3-4,6,9-10H,5,7-8,13H2,1-2H3/t9-,10+. The highest BCUT2D eigenvalue weighted by Gasteiger charge is 2.32. The van der Waals surface area contributed by atoms with Gasteiger partial charge in [0.05, 0.1) is 17.9 Å². The first kappa shape index (κ1) is 14.4. The first-order valence-electron chi connectivity index (χ1n) is 6.24. The summed E-state index contributed by atoms with van der Waals surface area (Å²) in [5.74, 6) is 0. The molecule has 0 aromatic carbocycles. The fraction of sp³-hybridized carbons (Fsp3) is 0.583. The Hall–Kier alpha value is -1.02. The van der Waals surface area contributed by atoms with Crippen LogP contribution < -0.4 is 5.73 Å². The summed E-state index contributed by atoms with van der Waals surface area (Å²) < 4.78 is 31.9. The summed E-state index contributed by atoms with van der Waals surface area (Å²) in [5, 5.41) is 0. The molecule has 7 heteroatoms. The van der Waals surface area contributed by atoms with Gasteiger partial charge in [-0.1, -0.05) is 0 Å². The van der Waals surface area contributed by atoms with Crippen molar-refractivity contribution in [2.75, 3.05) is 13.1 Å². The van der Waals surface area contributed by atoms with Crippen molar-refractivity contribution >= 4 is 10.0 Å². The number of pyridine rings is 1. The quantitative estimate of drug-likeness (QED) is 0.865. The van der Waals surface area contributed by atoms with Crippen molar-refractivity contribution in [3.05, 3.63) is 24.0 Å². The van der Waals surface area contributed by atoms with Crippen molar-refractivity contribution in [3.63, 3.8) is 0 Å². The van der Waals surface area contributed by atoms with Gasteiger partial charge in [0, 0.05) is 25.8 Å². The molecule has 6 nitrogen and oxygen atoms in total. The lowest BCUT2D eigenvalue weighted by atomic mass is 10.3. The van der Waals surface area contributed by atoms with Crippen LogP contribution in [0.4, 0.5) is 0 Å². The Bertz CT molecular complexity index is 520. The minimum atomic E-state index is -3.50. The molecule has 1 aromatic heterocycles. The highest BCUT2D eigenvalue weighted by molar-refractivity contribution is 7.89. The van der Waals surface area contributed by atoms with Gasteiger partial charge in [-0.05, 0) is 26.0 Å². The SMILES string of the molecule is C[C@@H]1CN(S(=O)(=O)c2ccc(CN)nc2)C[C@H](C)O1. The van der Waals surface area contributed by atoms with Gasteiger partial charge in [-0.25, -0.2) is 8.42 Å². The van der Waals surface area contributed by atoms with Crippen LogP contribution in [0.2, 0.25) is 0 Å². The van der Waals surface area contributed by atoms with E-state index in [1.807, 2.05) is 13.8 Å². The monoisotopic (exact) mass is 285 g/mol. The minimum Gasteiger partial charge on any atom is -0.373 e. The summed E-state index contributed by atoms with van der Waals surface area (Å²) in [6, 6.07) is 3.19. The van der Waals surface area contributed by atoms with E-state index in [0.29, 0.717) is 25.3 Å². The summed E-state index contributed by atoms with van der Waals surface area (Å²) in [5.41, 5.74) is 6.12. The number of nitrogens with two attached hydrogens (primary N) is 1. The van der Waals surface area contributed by atoms with Crippen LogP contribution in [-0.4, -0.2) is 43.0 Å². The number of hydrogen-bond donors (Lipinski definition) is 1. The van der Waals surface area contributed by atoms with E-state index in [-0.39, 0.29) is 17.1 Å². The van der Waals surface area contributed by atoms with Gasteiger partial charge in [0.1, 0.15) is 4.90 Å². The van der Waals surface area contributed by atoms with Crippen LogP contribution in [0.1, 0.15) is 19.5 Å². The van der Waals surface area contributed by atoms with Crippen LogP contribution in [0.25, 0.3) is 0 Å². The van der Waals surface area contributed by atoms with Crippen LogP contribution in [0.3, 0.4) is 0 Å². The molecule has 1 saturated heterocycles. The summed E-state index contributed by atoms with van der Waals surface area (Å²) in [6.07, 6.45) is 1.16. The van der Waals surface area contributed by atoms with E-state index in [9.17, 15) is 8.42 Å². The molecule has 0 bridgehead atoms. The number of hydrogen-bond acceptors (Lipinski definition) is 5. The molecule has 2 heterocycles. The number of ether oxygens (including phenoxy) is 1. The van der Waals surface area contributed by atoms with E-state index in [1.165, 1.54) is 10.5 Å². The van der Waals surface area contributed by atoms with Crippen molar-refractivity contribution in [1.82, 2.24) is 9.29 Å². The number of sulfonamides is 1. The fourth-order valence-corrected chi connectivity index (χ4v) is 3.70. The van der Waals surface area contributed by atoms with Crippen molar-refractivity contribution in [1.29, 1.82) is 0 Å². The van der Waals surface area contributed by atoms with E-state index >= 15 is 0 Å². The number of rotatable bonds is 3. The summed E-state index contributed by atoms with van der Waals surface area (Å²) >= 11 is 0. The Morgan fingerprint density at radius 2 is 2.00 bits per heavy atom. The van der Waals surface area contributed by atoms with Crippen molar-refractivity contribution in [2.45, 2.75) is 37.5 Å². The Labute approximate surface area is 113 Å². The van der Waals surface area contributed by atoms with Crippen molar-refractivity contribution < 1.29 is 13.2 Å². The molecule has 106 valence electrons. The molecule has 0 spiro atoms. The van der Waals surface area contributed by atoms with Crippen LogP contribution in [0, 0.1) is 0 Å². The van der Waals surface area contributed by atoms with Gasteiger partial charge < -0.3 is 10.5 Å². The third-order valence-electron chi connectivity index (χ3n) is 3.03. The predicted octanol–water partition coefficient (Wildman–Crippen LogP) is 0.338. The van der Waals surface area contributed by atoms with Gasteiger partial charge in [0.25, 0.3) is 0 Å². The van der Waals surface area contributed by atoms with Gasteiger partial charge in [-0.2, -0.15) is 4.31 Å². The molecule has 1 aromatic rings. The Kier molecular flexibility index (Phi) is 4.19. The molecule has 2 atom stereocenters. The molecule has 0 radical (unpaired) electrons. The van der Waals surface area contributed by atoms with Gasteiger partial charge in [0.2, 0.25) is 10.0 Å². The molecule has 2 N–H and O–H groups in total. The summed E-state index contributed by atoms with van der Waals surface area (Å²) in [6.45, 7) is 4.77. The third kappa shape index (κ3) is 3.11. The third-order valence-corrected chi connectivity index (χ3v) is 4.85. The lowest BCUT2D eigenvalue weighted by molar-refractivity contribution is -0.0440. The second kappa shape index (κ2) is 5.54. The first-order chi connectivity index (χ1) is 8.93. The lowest BCUT2D eigenvalue weighted by Crippen LogP contribution is -2.48. The van der Waals surface area contributed by atoms with Gasteiger partial charge in [0.15, 0.2) is 0 Å². The fourth-order valence-electron chi connectivity index (χ4n) is 2.16. The number of aromatic nitrogens is 1. The predicted molar refractivity (Wildman–Crippen MR) is 70.9 cm³/mol. The normalized spacial score (nSPS) is 25.4. The molecule has 1 aliphatic heterocycles. The van der Waals surface area contributed by atoms with Gasteiger partial charge >= 0.3 is 0 Å². The van der Waals surface area contributed by atoms with E-state index in [2.05, 4.69) is 4.98 Å². The van der Waals surface area contributed by atoms with Crippen LogP contribution in [-0.2, 0) is 21.3 Å². The maximum atomic E-state index is 12.5. The van der Waals surface area contributed by atoms with Gasteiger partial charge in [-0.15, -0.1) is 0 Å². The average molecular weight is 285 g/mol. The first-order valence-corrected chi connectivity index (χ1v) is 7.68. The molecular formula is C12H19N3O3S. The van der Waals surface area contributed by atoms with E-state index in [1.54, 1.807) is 12.1 Å². The number of nitrogens with zero attached hydrogens (tertiary/aromatic N) is 2. The Morgan fingerprint density at radius 1 is 1.37 bits per heavy atom. The molecule has 1 aliphatic rings. The lowest BCUT2D eigenvalue weighted by Gasteiger charge is -2.34. The zero-order valence-corrected chi connectivity index (χ0v) is 11.9. The Morgan fingerprint density at radius 3 is 2.47 bits per heavy atom. The summed E-state index contributed by atoms with van der Waals surface area (Å²) in [7, 11) is -3.50. The highest BCUT2D eigenvalue weighted by atomic mass is 32.2. The highest BCUT2D eigenvalue weighted by Crippen LogP contribution is 2.20. The maximum absolute atomic E-state index is 12.5. The van der Waals surface area contributed by atoms with Crippen LogP contribution in [0.15, 0.2) is 23.2 Å². The molecule has 19 heavy (non-hydrogen) atoms. The largest absolute Gasteiger partial charge is 0.373 e. The van der Waals surface area contributed by atoms with Crippen LogP contribution in [0.5, 0.6) is 0 Å². The van der Waals surface area contributed by atoms with E-state index in [4.69, 9.17) is 10.5 Å². The molecule has 1 fully saturated rings. The van der Waals surface area contributed by atoms with Crippen molar-refractivity contribution in [2.24, 2.45) is 5.73 Å². The van der Waals surface area contributed by atoms with E-state index < -0.39 is 10.0 Å². The average Bonchev–Trinajstić information content (AvgIpc) is 2.37. The second-order valence-electron chi connectivity index (χ2n) is 4.77. The second-order valence-corrected chi connectivity index (χ2v) is 6.71. The minimum absolute atomic E-state index is 0.102. The molecular weight excluding hydrogens is 266 g/mol. The molecule has 0 saturated carbocycles. The topological polar surface area (TPSA) is 85.5 Å². The molecule has 0 amide bonds. The Balaban J connectivity index is 2.25. The zero-order chi connectivity index (χ0) is 14.0. The summed E-state index contributed by atoms with van der Waals surface area (Å²) in [4.78, 5) is 4.23. The zero-order valence-electron chi connectivity index (χ0n) is 11.1. The molecule has 0 aliphatic carbocycles.